The molecule has 5 nitrogen and oxygen atoms in total. The number of carbonyl (C=O) groups excluding carboxylic acids is 1. The zero-order valence-corrected chi connectivity index (χ0v) is 12.5. The fraction of sp³-hybridized carbons (Fsp3) is 0.500. The Bertz CT molecular complexity index is 506. The van der Waals surface area contributed by atoms with E-state index < -0.39 is 5.41 Å². The Kier molecular flexibility index (Phi) is 4.83. The van der Waals surface area contributed by atoms with Gasteiger partial charge in [-0.1, -0.05) is 49.0 Å². The predicted octanol–water partition coefficient (Wildman–Crippen LogP) is 2.74. The molecule has 1 fully saturated rings. The Morgan fingerprint density at radius 1 is 1.19 bits per heavy atom. The number of benzene rings is 1. The van der Waals surface area contributed by atoms with Crippen LogP contribution in [0.15, 0.2) is 35.5 Å². The van der Waals surface area contributed by atoms with Crippen molar-refractivity contribution >= 4 is 17.4 Å². The minimum Gasteiger partial charge on any atom is -0.409 e. The largest absolute Gasteiger partial charge is 0.409 e. The second-order valence-electron chi connectivity index (χ2n) is 5.68. The van der Waals surface area contributed by atoms with Crippen LogP contribution in [0.2, 0.25) is 0 Å². The fourth-order valence-electron chi connectivity index (χ4n) is 3.10. The SMILES string of the molecule is CN(C(=O)C1(C(N)=NO)CCCCCC1)c1ccccc1. The molecule has 21 heavy (non-hydrogen) atoms. The van der Waals surface area contributed by atoms with Crippen molar-refractivity contribution in [3.63, 3.8) is 0 Å². The van der Waals surface area contributed by atoms with Crippen molar-refractivity contribution in [3.8, 4) is 0 Å². The van der Waals surface area contributed by atoms with Gasteiger partial charge >= 0.3 is 0 Å². The second-order valence-corrected chi connectivity index (χ2v) is 5.68. The average Bonchev–Trinajstić information content (AvgIpc) is 2.80. The summed E-state index contributed by atoms with van der Waals surface area (Å²) in [5, 5.41) is 12.3. The first-order valence-electron chi connectivity index (χ1n) is 7.43. The number of oxime groups is 1. The molecule has 0 spiro atoms. The third-order valence-corrected chi connectivity index (χ3v) is 4.41. The van der Waals surface area contributed by atoms with Crippen molar-refractivity contribution in [2.75, 3.05) is 11.9 Å². The van der Waals surface area contributed by atoms with E-state index in [1.54, 1.807) is 11.9 Å². The van der Waals surface area contributed by atoms with Gasteiger partial charge in [0.15, 0.2) is 5.84 Å². The van der Waals surface area contributed by atoms with Gasteiger partial charge in [0, 0.05) is 12.7 Å². The first kappa shape index (κ1) is 15.4. The van der Waals surface area contributed by atoms with Gasteiger partial charge in [0.2, 0.25) is 5.91 Å². The molecule has 1 aliphatic carbocycles. The molecule has 114 valence electrons. The predicted molar refractivity (Wildman–Crippen MR) is 83.4 cm³/mol. The minimum atomic E-state index is -0.879. The Labute approximate surface area is 125 Å². The number of carbonyl (C=O) groups is 1. The van der Waals surface area contributed by atoms with Gasteiger partial charge in [0.05, 0.1) is 0 Å². The lowest BCUT2D eigenvalue weighted by Crippen LogP contribution is -2.50. The standard InChI is InChI=1S/C16H23N3O2/c1-19(13-9-5-4-6-10-13)15(20)16(14(17)18-21)11-7-2-3-8-12-16/h4-6,9-10,21H,2-3,7-8,11-12H2,1H3,(H2,17,18). The molecule has 0 aromatic heterocycles. The topological polar surface area (TPSA) is 78.9 Å². The van der Waals surface area contributed by atoms with Crippen molar-refractivity contribution in [2.24, 2.45) is 16.3 Å². The van der Waals surface area contributed by atoms with E-state index in [1.165, 1.54) is 0 Å². The van der Waals surface area contributed by atoms with Crippen LogP contribution in [0.25, 0.3) is 0 Å². The van der Waals surface area contributed by atoms with Crippen LogP contribution in [0.1, 0.15) is 38.5 Å². The van der Waals surface area contributed by atoms with Gasteiger partial charge in [-0.05, 0) is 25.0 Å². The van der Waals surface area contributed by atoms with Gasteiger partial charge in [0.1, 0.15) is 5.41 Å². The molecular weight excluding hydrogens is 266 g/mol. The van der Waals surface area contributed by atoms with Crippen LogP contribution in [0.3, 0.4) is 0 Å². The third kappa shape index (κ3) is 3.01. The molecule has 2 rings (SSSR count). The van der Waals surface area contributed by atoms with E-state index >= 15 is 0 Å². The lowest BCUT2D eigenvalue weighted by molar-refractivity contribution is -0.125. The normalized spacial score (nSPS) is 18.8. The Morgan fingerprint density at radius 3 is 2.29 bits per heavy atom. The molecule has 1 saturated carbocycles. The summed E-state index contributed by atoms with van der Waals surface area (Å²) in [7, 11) is 1.75. The van der Waals surface area contributed by atoms with Crippen LogP contribution in [0, 0.1) is 5.41 Å². The Hall–Kier alpha value is -2.04. The molecule has 1 amide bonds. The van der Waals surface area contributed by atoms with Gasteiger partial charge < -0.3 is 15.8 Å². The molecular formula is C16H23N3O2. The van der Waals surface area contributed by atoms with Crippen LogP contribution in [0.5, 0.6) is 0 Å². The number of nitrogens with two attached hydrogens (primary N) is 1. The van der Waals surface area contributed by atoms with Crippen molar-refractivity contribution in [1.82, 2.24) is 0 Å². The van der Waals surface area contributed by atoms with Crippen molar-refractivity contribution in [3.05, 3.63) is 30.3 Å². The Balaban J connectivity index is 2.34. The van der Waals surface area contributed by atoms with E-state index in [0.717, 1.165) is 31.4 Å². The number of para-hydroxylation sites is 1. The third-order valence-electron chi connectivity index (χ3n) is 4.41. The lowest BCUT2D eigenvalue weighted by atomic mass is 9.77. The Morgan fingerprint density at radius 2 is 1.76 bits per heavy atom. The van der Waals surface area contributed by atoms with Crippen LogP contribution >= 0.6 is 0 Å². The highest BCUT2D eigenvalue weighted by atomic mass is 16.4. The molecule has 0 bridgehead atoms. The van der Waals surface area contributed by atoms with Gasteiger partial charge in [-0.2, -0.15) is 0 Å². The molecule has 1 aliphatic rings. The van der Waals surface area contributed by atoms with E-state index in [2.05, 4.69) is 5.16 Å². The number of rotatable bonds is 3. The molecule has 0 heterocycles. The number of nitrogens with zero attached hydrogens (tertiary/aromatic N) is 2. The molecule has 1 aromatic carbocycles. The summed E-state index contributed by atoms with van der Waals surface area (Å²) in [5.74, 6) is -0.0527. The smallest absolute Gasteiger partial charge is 0.240 e. The van der Waals surface area contributed by atoms with Crippen molar-refractivity contribution in [1.29, 1.82) is 0 Å². The second kappa shape index (κ2) is 6.61. The number of anilines is 1. The molecule has 0 unspecified atom stereocenters. The zero-order chi connectivity index (χ0) is 15.3. The molecule has 3 N–H and O–H groups in total. The first-order chi connectivity index (χ1) is 10.1. The molecule has 0 saturated heterocycles. The maximum absolute atomic E-state index is 13.0. The van der Waals surface area contributed by atoms with E-state index in [1.807, 2.05) is 30.3 Å². The average molecular weight is 289 g/mol. The number of amides is 1. The van der Waals surface area contributed by atoms with Gasteiger partial charge in [-0.25, -0.2) is 0 Å². The number of amidine groups is 1. The van der Waals surface area contributed by atoms with Crippen molar-refractivity contribution in [2.45, 2.75) is 38.5 Å². The van der Waals surface area contributed by atoms with Crippen LogP contribution in [0.4, 0.5) is 5.69 Å². The minimum absolute atomic E-state index is 0.0391. The summed E-state index contributed by atoms with van der Waals surface area (Å²) < 4.78 is 0. The first-order valence-corrected chi connectivity index (χ1v) is 7.43. The highest BCUT2D eigenvalue weighted by Gasteiger charge is 2.44. The fourth-order valence-corrected chi connectivity index (χ4v) is 3.10. The summed E-state index contributed by atoms with van der Waals surface area (Å²) in [6.07, 6.45) is 5.29. The van der Waals surface area contributed by atoms with E-state index in [-0.39, 0.29) is 11.7 Å². The number of hydrogen-bond donors (Lipinski definition) is 2. The quantitative estimate of drug-likeness (QED) is 0.295. The van der Waals surface area contributed by atoms with Crippen LogP contribution in [-0.4, -0.2) is 24.0 Å². The van der Waals surface area contributed by atoms with E-state index in [4.69, 9.17) is 10.9 Å². The summed E-state index contributed by atoms with van der Waals surface area (Å²) in [6.45, 7) is 0. The zero-order valence-electron chi connectivity index (χ0n) is 12.5. The molecule has 0 atom stereocenters. The highest BCUT2D eigenvalue weighted by molar-refractivity contribution is 6.12. The molecule has 0 radical (unpaired) electrons. The van der Waals surface area contributed by atoms with E-state index in [0.29, 0.717) is 12.8 Å². The summed E-state index contributed by atoms with van der Waals surface area (Å²) in [6, 6.07) is 9.46. The summed E-state index contributed by atoms with van der Waals surface area (Å²) >= 11 is 0. The van der Waals surface area contributed by atoms with Crippen molar-refractivity contribution < 1.29 is 10.0 Å². The van der Waals surface area contributed by atoms with E-state index in [9.17, 15) is 4.79 Å². The molecule has 5 heteroatoms. The number of hydrogen-bond acceptors (Lipinski definition) is 3. The van der Waals surface area contributed by atoms with Crippen LogP contribution in [-0.2, 0) is 4.79 Å². The van der Waals surface area contributed by atoms with Crippen LogP contribution < -0.4 is 10.6 Å². The monoisotopic (exact) mass is 289 g/mol. The highest BCUT2D eigenvalue weighted by Crippen LogP contribution is 2.38. The maximum Gasteiger partial charge on any atom is 0.240 e. The van der Waals surface area contributed by atoms with Gasteiger partial charge in [-0.15, -0.1) is 0 Å². The maximum atomic E-state index is 13.0. The summed E-state index contributed by atoms with van der Waals surface area (Å²) in [4.78, 5) is 14.6. The lowest BCUT2D eigenvalue weighted by Gasteiger charge is -2.34. The summed E-state index contributed by atoms with van der Waals surface area (Å²) in [5.41, 5.74) is 5.86. The molecule has 1 aromatic rings. The van der Waals surface area contributed by atoms with Gasteiger partial charge in [0.25, 0.3) is 0 Å². The van der Waals surface area contributed by atoms with Gasteiger partial charge in [-0.3, -0.25) is 4.79 Å². The molecule has 0 aliphatic heterocycles.